The molecule has 0 fully saturated rings. The van der Waals surface area contributed by atoms with Crippen LogP contribution in [-0.2, 0) is 6.54 Å². The van der Waals surface area contributed by atoms with Crippen molar-refractivity contribution >= 4 is 17.5 Å². The third-order valence-electron chi connectivity index (χ3n) is 3.15. The van der Waals surface area contributed by atoms with Gasteiger partial charge in [-0.25, -0.2) is 13.8 Å². The van der Waals surface area contributed by atoms with Crippen molar-refractivity contribution in [2.24, 2.45) is 0 Å². The van der Waals surface area contributed by atoms with Gasteiger partial charge in [0.15, 0.2) is 0 Å². The first-order valence-electron chi connectivity index (χ1n) is 7.03. The normalized spacial score (nSPS) is 10.3. The molecular formula is C17H14F2N4. The van der Waals surface area contributed by atoms with Crippen LogP contribution in [0.4, 0.5) is 26.2 Å². The lowest BCUT2D eigenvalue weighted by Crippen LogP contribution is -2.05. The summed E-state index contributed by atoms with van der Waals surface area (Å²) in [5, 5.41) is 5.95. The topological polar surface area (TPSA) is 49.8 Å². The summed E-state index contributed by atoms with van der Waals surface area (Å²) in [6.07, 6.45) is 1.57. The van der Waals surface area contributed by atoms with E-state index in [9.17, 15) is 8.78 Å². The molecule has 0 spiro atoms. The Balaban J connectivity index is 1.69. The molecule has 0 amide bonds. The molecule has 0 atom stereocenters. The number of halogens is 2. The zero-order valence-corrected chi connectivity index (χ0v) is 12.1. The number of aromatic nitrogens is 2. The average Bonchev–Trinajstić information content (AvgIpc) is 2.54. The number of benzene rings is 2. The summed E-state index contributed by atoms with van der Waals surface area (Å²) < 4.78 is 26.7. The Morgan fingerprint density at radius 2 is 1.83 bits per heavy atom. The predicted octanol–water partition coefficient (Wildman–Crippen LogP) is 4.11. The van der Waals surface area contributed by atoms with Gasteiger partial charge in [-0.15, -0.1) is 0 Å². The highest BCUT2D eigenvalue weighted by Gasteiger charge is 2.03. The van der Waals surface area contributed by atoms with Gasteiger partial charge in [-0.1, -0.05) is 24.3 Å². The van der Waals surface area contributed by atoms with Crippen LogP contribution in [0.5, 0.6) is 0 Å². The van der Waals surface area contributed by atoms with Crippen molar-refractivity contribution in [1.82, 2.24) is 9.97 Å². The average molecular weight is 312 g/mol. The lowest BCUT2D eigenvalue weighted by molar-refractivity contribution is 0.613. The number of nitrogens with zero attached hydrogens (tertiary/aromatic N) is 2. The molecule has 0 aliphatic rings. The van der Waals surface area contributed by atoms with E-state index in [2.05, 4.69) is 20.6 Å². The van der Waals surface area contributed by atoms with E-state index < -0.39 is 0 Å². The molecule has 4 nitrogen and oxygen atoms in total. The number of hydrogen-bond donors (Lipinski definition) is 2. The van der Waals surface area contributed by atoms with Crippen molar-refractivity contribution < 1.29 is 8.78 Å². The molecule has 0 saturated heterocycles. The van der Waals surface area contributed by atoms with Crippen LogP contribution in [0.3, 0.4) is 0 Å². The van der Waals surface area contributed by atoms with E-state index in [1.807, 2.05) is 0 Å². The van der Waals surface area contributed by atoms with Gasteiger partial charge in [0, 0.05) is 24.0 Å². The molecule has 0 radical (unpaired) electrons. The van der Waals surface area contributed by atoms with Gasteiger partial charge in [0.25, 0.3) is 0 Å². The highest BCUT2D eigenvalue weighted by molar-refractivity contribution is 5.54. The van der Waals surface area contributed by atoms with Crippen LogP contribution < -0.4 is 10.6 Å². The van der Waals surface area contributed by atoms with E-state index in [0.29, 0.717) is 29.6 Å². The van der Waals surface area contributed by atoms with E-state index in [1.165, 1.54) is 18.2 Å². The molecular weight excluding hydrogens is 298 g/mol. The number of rotatable bonds is 5. The highest BCUT2D eigenvalue weighted by Crippen LogP contribution is 2.16. The largest absolute Gasteiger partial charge is 0.366 e. The zero-order valence-electron chi connectivity index (χ0n) is 12.1. The molecule has 0 bridgehead atoms. The third kappa shape index (κ3) is 4.00. The number of hydrogen-bond acceptors (Lipinski definition) is 4. The Bertz CT molecular complexity index is 808. The molecule has 1 heterocycles. The minimum atomic E-state index is -0.344. The standard InChI is InChI=1S/C17H14F2N4/c18-13-5-3-6-14(10-13)22-17-20-9-8-16(23-17)21-11-12-4-1-2-7-15(12)19/h1-10H,11H2,(H2,20,21,22,23). The molecule has 3 rings (SSSR count). The molecule has 2 N–H and O–H groups in total. The molecule has 6 heteroatoms. The monoisotopic (exact) mass is 312 g/mol. The predicted molar refractivity (Wildman–Crippen MR) is 85.4 cm³/mol. The van der Waals surface area contributed by atoms with E-state index in [0.717, 1.165) is 0 Å². The summed E-state index contributed by atoms with van der Waals surface area (Å²) in [5.74, 6) is 0.257. The van der Waals surface area contributed by atoms with Crippen LogP contribution in [0.2, 0.25) is 0 Å². The molecule has 23 heavy (non-hydrogen) atoms. The lowest BCUT2D eigenvalue weighted by atomic mass is 10.2. The third-order valence-corrected chi connectivity index (χ3v) is 3.15. The summed E-state index contributed by atoms with van der Waals surface area (Å²) in [6.45, 7) is 0.309. The molecule has 1 aromatic heterocycles. The SMILES string of the molecule is Fc1cccc(Nc2nccc(NCc3ccccc3F)n2)c1. The molecule has 0 saturated carbocycles. The van der Waals surface area contributed by atoms with Gasteiger partial charge in [0.2, 0.25) is 5.95 Å². The quantitative estimate of drug-likeness (QED) is 0.744. The minimum Gasteiger partial charge on any atom is -0.366 e. The van der Waals surface area contributed by atoms with Crippen LogP contribution in [0, 0.1) is 11.6 Å². The Labute approximate surface area is 132 Å². The zero-order chi connectivity index (χ0) is 16.1. The maximum absolute atomic E-state index is 13.6. The smallest absolute Gasteiger partial charge is 0.229 e. The highest BCUT2D eigenvalue weighted by atomic mass is 19.1. The van der Waals surface area contributed by atoms with E-state index >= 15 is 0 Å². The molecule has 2 aromatic carbocycles. The fourth-order valence-corrected chi connectivity index (χ4v) is 2.04. The maximum atomic E-state index is 13.6. The van der Waals surface area contributed by atoms with Crippen molar-refractivity contribution in [3.63, 3.8) is 0 Å². The molecule has 0 unspecified atom stereocenters. The summed E-state index contributed by atoms with van der Waals surface area (Å²) in [5.41, 5.74) is 1.10. The second-order valence-corrected chi connectivity index (χ2v) is 4.85. The number of nitrogens with one attached hydrogen (secondary N) is 2. The van der Waals surface area contributed by atoms with Gasteiger partial charge in [-0.2, -0.15) is 4.98 Å². The fraction of sp³-hybridized carbons (Fsp3) is 0.0588. The minimum absolute atomic E-state index is 0.271. The van der Waals surface area contributed by atoms with Crippen LogP contribution in [0.25, 0.3) is 0 Å². The van der Waals surface area contributed by atoms with Crippen molar-refractivity contribution in [3.8, 4) is 0 Å². The fourth-order valence-electron chi connectivity index (χ4n) is 2.04. The Hall–Kier alpha value is -3.02. The van der Waals surface area contributed by atoms with Gasteiger partial charge in [-0.3, -0.25) is 0 Å². The second kappa shape index (κ2) is 6.83. The van der Waals surface area contributed by atoms with E-state index in [1.54, 1.807) is 42.6 Å². The summed E-state index contributed by atoms with van der Waals surface area (Å²) in [6, 6.07) is 14.2. The van der Waals surface area contributed by atoms with Crippen LogP contribution in [-0.4, -0.2) is 9.97 Å². The van der Waals surface area contributed by atoms with E-state index in [-0.39, 0.29) is 11.6 Å². The summed E-state index contributed by atoms with van der Waals surface area (Å²) in [7, 11) is 0. The van der Waals surface area contributed by atoms with Crippen LogP contribution >= 0.6 is 0 Å². The Morgan fingerprint density at radius 3 is 2.65 bits per heavy atom. The second-order valence-electron chi connectivity index (χ2n) is 4.85. The Kier molecular flexibility index (Phi) is 4.42. The maximum Gasteiger partial charge on any atom is 0.229 e. The molecule has 0 aliphatic carbocycles. The van der Waals surface area contributed by atoms with Gasteiger partial charge in [0.1, 0.15) is 17.5 Å². The summed E-state index contributed by atoms with van der Waals surface area (Å²) in [4.78, 5) is 8.34. The Morgan fingerprint density at radius 1 is 0.957 bits per heavy atom. The van der Waals surface area contributed by atoms with Crippen molar-refractivity contribution in [2.75, 3.05) is 10.6 Å². The van der Waals surface area contributed by atoms with Crippen LogP contribution in [0.15, 0.2) is 60.8 Å². The van der Waals surface area contributed by atoms with Crippen molar-refractivity contribution in [3.05, 3.63) is 78.0 Å². The first kappa shape index (κ1) is 14.9. The van der Waals surface area contributed by atoms with Crippen molar-refractivity contribution in [1.29, 1.82) is 0 Å². The van der Waals surface area contributed by atoms with Gasteiger partial charge in [-0.05, 0) is 30.3 Å². The van der Waals surface area contributed by atoms with Gasteiger partial charge >= 0.3 is 0 Å². The van der Waals surface area contributed by atoms with Gasteiger partial charge in [0.05, 0.1) is 0 Å². The van der Waals surface area contributed by atoms with Crippen molar-refractivity contribution in [2.45, 2.75) is 6.54 Å². The van der Waals surface area contributed by atoms with E-state index in [4.69, 9.17) is 0 Å². The lowest BCUT2D eigenvalue weighted by Gasteiger charge is -2.09. The first-order valence-corrected chi connectivity index (χ1v) is 7.03. The van der Waals surface area contributed by atoms with Gasteiger partial charge < -0.3 is 10.6 Å². The van der Waals surface area contributed by atoms with Crippen LogP contribution in [0.1, 0.15) is 5.56 Å². The summed E-state index contributed by atoms with van der Waals surface area (Å²) >= 11 is 0. The molecule has 116 valence electrons. The molecule has 3 aromatic rings. The molecule has 0 aliphatic heterocycles. The first-order chi connectivity index (χ1) is 11.2. The number of anilines is 3.